The molecular weight excluding hydrogens is 212 g/mol. The second kappa shape index (κ2) is 4.55. The van der Waals surface area contributed by atoms with Gasteiger partial charge < -0.3 is 10.7 Å². The van der Waals surface area contributed by atoms with Crippen molar-refractivity contribution in [2.24, 2.45) is 5.73 Å². The Morgan fingerprint density at radius 3 is 2.29 bits per heavy atom. The molecule has 0 aliphatic rings. The Hall–Kier alpha value is -1.87. The van der Waals surface area contributed by atoms with E-state index >= 15 is 0 Å². The van der Waals surface area contributed by atoms with Gasteiger partial charge in [-0.1, -0.05) is 23.3 Å². The van der Waals surface area contributed by atoms with Gasteiger partial charge >= 0.3 is 0 Å². The largest absolute Gasteiger partial charge is 0.326 e. The summed E-state index contributed by atoms with van der Waals surface area (Å²) < 4.78 is 0. The van der Waals surface area contributed by atoms with Gasteiger partial charge in [-0.15, -0.1) is 0 Å². The summed E-state index contributed by atoms with van der Waals surface area (Å²) in [5.41, 5.74) is 10.2. The van der Waals surface area contributed by atoms with Crippen LogP contribution in [-0.2, 0) is 6.54 Å². The minimum absolute atomic E-state index is 0.107. The monoisotopic (exact) mass is 228 g/mol. The molecule has 0 saturated heterocycles. The highest BCUT2D eigenvalue weighted by Gasteiger charge is 2.03. The predicted molar refractivity (Wildman–Crippen MR) is 69.9 cm³/mol. The second-order valence-electron chi connectivity index (χ2n) is 4.31. The molecule has 0 aliphatic carbocycles. The maximum absolute atomic E-state index is 11.7. The molecule has 3 heteroatoms. The van der Waals surface area contributed by atoms with Gasteiger partial charge in [-0.25, -0.2) is 0 Å². The van der Waals surface area contributed by atoms with Gasteiger partial charge in [0.25, 0.3) is 5.56 Å². The van der Waals surface area contributed by atoms with E-state index in [-0.39, 0.29) is 12.1 Å². The lowest BCUT2D eigenvalue weighted by Gasteiger charge is -2.06. The first-order valence-electron chi connectivity index (χ1n) is 5.61. The number of aromatic nitrogens is 1. The highest BCUT2D eigenvalue weighted by atomic mass is 16.1. The van der Waals surface area contributed by atoms with Crippen molar-refractivity contribution in [3.63, 3.8) is 0 Å². The average molecular weight is 228 g/mol. The van der Waals surface area contributed by atoms with Crippen molar-refractivity contribution in [3.05, 3.63) is 57.4 Å². The molecule has 3 N–H and O–H groups in total. The molecule has 2 rings (SSSR count). The first kappa shape index (κ1) is 11.6. The summed E-state index contributed by atoms with van der Waals surface area (Å²) in [6.45, 7) is 4.36. The lowest BCUT2D eigenvalue weighted by Crippen LogP contribution is -2.15. The Balaban J connectivity index is 2.53. The fraction of sp³-hybridized carbons (Fsp3) is 0.214. The van der Waals surface area contributed by atoms with Gasteiger partial charge in [0.05, 0.1) is 0 Å². The maximum Gasteiger partial charge on any atom is 0.252 e. The van der Waals surface area contributed by atoms with E-state index in [1.165, 1.54) is 11.1 Å². The first-order chi connectivity index (χ1) is 8.10. The summed E-state index contributed by atoms with van der Waals surface area (Å²) in [5.74, 6) is 0. The molecule has 0 aliphatic heterocycles. The molecule has 2 aromatic rings. The Morgan fingerprint density at radius 1 is 1.12 bits per heavy atom. The number of rotatable bonds is 2. The van der Waals surface area contributed by atoms with Gasteiger partial charge in [0.15, 0.2) is 0 Å². The lowest BCUT2D eigenvalue weighted by molar-refractivity contribution is 1.02. The summed E-state index contributed by atoms with van der Waals surface area (Å²) in [7, 11) is 0. The van der Waals surface area contributed by atoms with Crippen LogP contribution >= 0.6 is 0 Å². The molecule has 0 amide bonds. The predicted octanol–water partition coefficient (Wildman–Crippen LogP) is 2.12. The average Bonchev–Trinajstić information content (AvgIpc) is 2.27. The molecule has 1 aromatic heterocycles. The van der Waals surface area contributed by atoms with Crippen molar-refractivity contribution in [1.29, 1.82) is 0 Å². The van der Waals surface area contributed by atoms with Crippen LogP contribution in [0.5, 0.6) is 0 Å². The van der Waals surface area contributed by atoms with Crippen molar-refractivity contribution in [1.82, 2.24) is 4.98 Å². The van der Waals surface area contributed by atoms with Crippen molar-refractivity contribution in [3.8, 4) is 11.3 Å². The second-order valence-corrected chi connectivity index (χ2v) is 4.31. The number of benzene rings is 1. The van der Waals surface area contributed by atoms with Crippen molar-refractivity contribution in [2.45, 2.75) is 20.4 Å². The smallest absolute Gasteiger partial charge is 0.252 e. The van der Waals surface area contributed by atoms with E-state index in [1.807, 2.05) is 19.9 Å². The number of H-pyrrole nitrogens is 1. The molecule has 0 spiro atoms. The molecule has 0 fully saturated rings. The van der Waals surface area contributed by atoms with Crippen LogP contribution in [0, 0.1) is 13.8 Å². The van der Waals surface area contributed by atoms with E-state index in [2.05, 4.69) is 23.2 Å². The third kappa shape index (κ3) is 2.45. The van der Waals surface area contributed by atoms with E-state index < -0.39 is 0 Å². The highest BCUT2D eigenvalue weighted by Crippen LogP contribution is 2.19. The van der Waals surface area contributed by atoms with E-state index in [1.54, 1.807) is 6.07 Å². The summed E-state index contributed by atoms with van der Waals surface area (Å²) in [5, 5.41) is 0. The molecule has 0 bridgehead atoms. The van der Waals surface area contributed by atoms with Crippen LogP contribution < -0.4 is 11.3 Å². The number of nitrogens with one attached hydrogen (secondary N) is 1. The van der Waals surface area contributed by atoms with Crippen LogP contribution in [0.25, 0.3) is 11.3 Å². The van der Waals surface area contributed by atoms with Crippen molar-refractivity contribution in [2.75, 3.05) is 0 Å². The Bertz CT molecular complexity index is 579. The minimum Gasteiger partial charge on any atom is -0.326 e. The Labute approximate surface area is 100 Å². The number of aromatic amines is 1. The molecule has 1 aromatic carbocycles. The molecule has 0 radical (unpaired) electrons. The number of aryl methyl sites for hydroxylation is 2. The SMILES string of the molecule is Cc1cc(C)cc(-c2ccc(CN)c(=O)[nH]2)c1. The third-order valence-electron chi connectivity index (χ3n) is 2.74. The van der Waals surface area contributed by atoms with Gasteiger partial charge in [-0.2, -0.15) is 0 Å². The molecule has 0 atom stereocenters. The molecule has 88 valence electrons. The number of hydrogen-bond donors (Lipinski definition) is 2. The van der Waals surface area contributed by atoms with Gasteiger partial charge in [0.2, 0.25) is 0 Å². The molecular formula is C14H16N2O. The van der Waals surface area contributed by atoms with Crippen LogP contribution in [0.4, 0.5) is 0 Å². The number of hydrogen-bond acceptors (Lipinski definition) is 2. The Kier molecular flexibility index (Phi) is 3.11. The normalized spacial score (nSPS) is 10.5. The first-order valence-corrected chi connectivity index (χ1v) is 5.61. The lowest BCUT2D eigenvalue weighted by atomic mass is 10.0. The highest BCUT2D eigenvalue weighted by molar-refractivity contribution is 5.61. The topological polar surface area (TPSA) is 58.9 Å². The zero-order valence-electron chi connectivity index (χ0n) is 10.1. The van der Waals surface area contributed by atoms with Gasteiger partial charge in [-0.05, 0) is 37.6 Å². The van der Waals surface area contributed by atoms with Crippen LogP contribution in [0.2, 0.25) is 0 Å². The van der Waals surface area contributed by atoms with E-state index in [4.69, 9.17) is 5.73 Å². The molecule has 3 nitrogen and oxygen atoms in total. The van der Waals surface area contributed by atoms with Crippen molar-refractivity contribution >= 4 is 0 Å². The van der Waals surface area contributed by atoms with E-state index in [0.717, 1.165) is 11.3 Å². The summed E-state index contributed by atoms with van der Waals surface area (Å²) in [4.78, 5) is 14.5. The van der Waals surface area contributed by atoms with Gasteiger partial charge in [-0.3, -0.25) is 4.79 Å². The quantitative estimate of drug-likeness (QED) is 0.827. The maximum atomic E-state index is 11.7. The number of pyridine rings is 1. The molecule has 0 saturated carbocycles. The van der Waals surface area contributed by atoms with Crippen LogP contribution in [0.15, 0.2) is 35.1 Å². The van der Waals surface area contributed by atoms with Crippen LogP contribution in [0.1, 0.15) is 16.7 Å². The van der Waals surface area contributed by atoms with Crippen LogP contribution in [0.3, 0.4) is 0 Å². The third-order valence-corrected chi connectivity index (χ3v) is 2.74. The standard InChI is InChI=1S/C14H16N2O/c1-9-5-10(2)7-12(6-9)13-4-3-11(8-15)14(17)16-13/h3-7H,8,15H2,1-2H3,(H,16,17). The van der Waals surface area contributed by atoms with Gasteiger partial charge in [0, 0.05) is 17.8 Å². The van der Waals surface area contributed by atoms with Crippen molar-refractivity contribution < 1.29 is 0 Å². The molecule has 0 unspecified atom stereocenters. The fourth-order valence-corrected chi connectivity index (χ4v) is 1.96. The summed E-state index contributed by atoms with van der Waals surface area (Å²) in [6.07, 6.45) is 0. The summed E-state index contributed by atoms with van der Waals surface area (Å²) >= 11 is 0. The number of nitrogens with two attached hydrogens (primary N) is 1. The van der Waals surface area contributed by atoms with Gasteiger partial charge in [0.1, 0.15) is 0 Å². The van der Waals surface area contributed by atoms with Crippen LogP contribution in [-0.4, -0.2) is 4.98 Å². The Morgan fingerprint density at radius 2 is 1.76 bits per heavy atom. The summed E-state index contributed by atoms with van der Waals surface area (Å²) in [6, 6.07) is 9.90. The van der Waals surface area contributed by atoms with E-state index in [9.17, 15) is 4.79 Å². The van der Waals surface area contributed by atoms with E-state index in [0.29, 0.717) is 5.56 Å². The zero-order chi connectivity index (χ0) is 12.4. The fourth-order valence-electron chi connectivity index (χ4n) is 1.96. The molecule has 1 heterocycles. The zero-order valence-corrected chi connectivity index (χ0v) is 10.1. The molecule has 17 heavy (non-hydrogen) atoms. The minimum atomic E-state index is -0.107.